The van der Waals surface area contributed by atoms with Crippen molar-refractivity contribution in [2.45, 2.75) is 6.61 Å². The SMILES string of the molecule is COC(=O)c1c(COC(=O)c2ccccc2Cl)nc2ccccc2[n+]1[O-]. The topological polar surface area (TPSA) is 92.4 Å². The molecule has 3 aromatic rings. The third kappa shape index (κ3) is 3.29. The van der Waals surface area contributed by atoms with Gasteiger partial charge in [0.05, 0.1) is 17.7 Å². The summed E-state index contributed by atoms with van der Waals surface area (Å²) in [6, 6.07) is 12.9. The highest BCUT2D eigenvalue weighted by molar-refractivity contribution is 6.33. The number of carbonyl (C=O) groups is 2. The van der Waals surface area contributed by atoms with Crippen LogP contribution in [0.25, 0.3) is 11.0 Å². The number of hydrogen-bond donors (Lipinski definition) is 0. The van der Waals surface area contributed by atoms with Gasteiger partial charge in [-0.25, -0.2) is 14.6 Å². The largest absolute Gasteiger partial charge is 0.618 e. The van der Waals surface area contributed by atoms with Crippen molar-refractivity contribution < 1.29 is 23.8 Å². The molecular formula is C18H13ClN2O5. The summed E-state index contributed by atoms with van der Waals surface area (Å²) in [4.78, 5) is 28.5. The highest BCUT2D eigenvalue weighted by Gasteiger charge is 2.28. The molecule has 7 nitrogen and oxygen atoms in total. The zero-order chi connectivity index (χ0) is 18.7. The van der Waals surface area contributed by atoms with Crippen LogP contribution in [0.1, 0.15) is 26.5 Å². The number of rotatable bonds is 4. The fourth-order valence-corrected chi connectivity index (χ4v) is 2.62. The molecule has 1 heterocycles. The van der Waals surface area contributed by atoms with E-state index in [0.29, 0.717) is 10.2 Å². The van der Waals surface area contributed by atoms with Crippen molar-refractivity contribution in [1.29, 1.82) is 0 Å². The Hall–Kier alpha value is -3.19. The van der Waals surface area contributed by atoms with Crippen molar-refractivity contribution in [2.24, 2.45) is 0 Å². The number of benzene rings is 2. The van der Waals surface area contributed by atoms with Crippen LogP contribution in [0.2, 0.25) is 5.02 Å². The quantitative estimate of drug-likeness (QED) is 0.397. The molecule has 0 N–H and O–H groups in total. The van der Waals surface area contributed by atoms with Gasteiger partial charge in [0.25, 0.3) is 0 Å². The zero-order valence-corrected chi connectivity index (χ0v) is 14.4. The van der Waals surface area contributed by atoms with Crippen LogP contribution in [0.3, 0.4) is 0 Å². The molecule has 132 valence electrons. The molecule has 0 unspecified atom stereocenters. The van der Waals surface area contributed by atoms with Gasteiger partial charge in [0.1, 0.15) is 12.1 Å². The lowest BCUT2D eigenvalue weighted by atomic mass is 10.2. The maximum atomic E-state index is 12.5. The fraction of sp³-hybridized carbons (Fsp3) is 0.111. The Labute approximate surface area is 153 Å². The number of carbonyl (C=O) groups excluding carboxylic acids is 2. The Morgan fingerprint density at radius 2 is 1.81 bits per heavy atom. The van der Waals surface area contributed by atoms with Crippen LogP contribution < -0.4 is 4.73 Å². The number of ether oxygens (including phenoxy) is 2. The monoisotopic (exact) mass is 372 g/mol. The van der Waals surface area contributed by atoms with E-state index >= 15 is 0 Å². The Morgan fingerprint density at radius 3 is 2.54 bits per heavy atom. The first-order valence-electron chi connectivity index (χ1n) is 7.54. The van der Waals surface area contributed by atoms with E-state index in [4.69, 9.17) is 16.3 Å². The fourth-order valence-electron chi connectivity index (χ4n) is 2.40. The molecule has 0 amide bonds. The van der Waals surface area contributed by atoms with Gasteiger partial charge in [-0.1, -0.05) is 35.9 Å². The van der Waals surface area contributed by atoms with Gasteiger partial charge in [-0.3, -0.25) is 0 Å². The molecular weight excluding hydrogens is 360 g/mol. The number of methoxy groups -OCH3 is 1. The van der Waals surface area contributed by atoms with Gasteiger partial charge in [0.2, 0.25) is 5.52 Å². The van der Waals surface area contributed by atoms with Crippen LogP contribution in [-0.2, 0) is 16.1 Å². The van der Waals surface area contributed by atoms with Crippen LogP contribution >= 0.6 is 11.6 Å². The molecule has 0 saturated carbocycles. The maximum Gasteiger partial charge on any atom is 0.406 e. The summed E-state index contributed by atoms with van der Waals surface area (Å²) in [5.41, 5.74) is 0.390. The smallest absolute Gasteiger partial charge is 0.406 e. The van der Waals surface area contributed by atoms with Crippen molar-refractivity contribution in [2.75, 3.05) is 7.11 Å². The van der Waals surface area contributed by atoms with Gasteiger partial charge >= 0.3 is 17.6 Å². The Kier molecular flexibility index (Phi) is 4.99. The lowest BCUT2D eigenvalue weighted by molar-refractivity contribution is -0.581. The van der Waals surface area contributed by atoms with Crippen LogP contribution in [-0.4, -0.2) is 24.0 Å². The lowest BCUT2D eigenvalue weighted by Gasteiger charge is -2.11. The Balaban J connectivity index is 1.97. The maximum absolute atomic E-state index is 12.5. The van der Waals surface area contributed by atoms with Crippen molar-refractivity contribution in [3.05, 3.63) is 75.7 Å². The van der Waals surface area contributed by atoms with E-state index < -0.39 is 11.9 Å². The second kappa shape index (κ2) is 7.37. The average molecular weight is 373 g/mol. The molecule has 0 bridgehead atoms. The van der Waals surface area contributed by atoms with E-state index in [0.717, 1.165) is 7.11 Å². The van der Waals surface area contributed by atoms with Crippen LogP contribution in [0.4, 0.5) is 0 Å². The van der Waals surface area contributed by atoms with E-state index in [1.165, 1.54) is 12.1 Å². The van der Waals surface area contributed by atoms with Crippen LogP contribution in [0.5, 0.6) is 0 Å². The van der Waals surface area contributed by atoms with Crippen molar-refractivity contribution >= 4 is 34.6 Å². The number of esters is 2. The molecule has 0 spiro atoms. The first kappa shape index (κ1) is 17.6. The predicted octanol–water partition coefficient (Wildman–Crippen LogP) is 2.67. The summed E-state index contributed by atoms with van der Waals surface area (Å²) in [7, 11) is 1.15. The molecule has 1 aromatic heterocycles. The molecule has 3 rings (SSSR count). The molecule has 2 aromatic carbocycles. The highest BCUT2D eigenvalue weighted by atomic mass is 35.5. The summed E-state index contributed by atoms with van der Waals surface area (Å²) in [5.74, 6) is -1.57. The summed E-state index contributed by atoms with van der Waals surface area (Å²) >= 11 is 5.96. The zero-order valence-electron chi connectivity index (χ0n) is 13.6. The molecule has 0 atom stereocenters. The number of fused-ring (bicyclic) bond motifs is 1. The van der Waals surface area contributed by atoms with Gasteiger partial charge in [-0.15, -0.1) is 0 Å². The molecule has 0 aliphatic carbocycles. The molecule has 8 heteroatoms. The molecule has 0 fully saturated rings. The van der Waals surface area contributed by atoms with E-state index in [-0.39, 0.29) is 34.1 Å². The van der Waals surface area contributed by atoms with Gasteiger partial charge in [-0.05, 0) is 18.2 Å². The van der Waals surface area contributed by atoms with E-state index in [2.05, 4.69) is 9.72 Å². The van der Waals surface area contributed by atoms with Gasteiger partial charge < -0.3 is 14.7 Å². The molecule has 0 radical (unpaired) electrons. The molecule has 26 heavy (non-hydrogen) atoms. The van der Waals surface area contributed by atoms with Gasteiger partial charge in [-0.2, -0.15) is 4.73 Å². The Bertz CT molecular complexity index is 1010. The summed E-state index contributed by atoms with van der Waals surface area (Å²) in [6.07, 6.45) is 0. The minimum atomic E-state index is -0.873. The standard InChI is InChI=1S/C18H13ClN2O5/c1-25-18(23)16-14(20-13-8-4-5-9-15(13)21(16)24)10-26-17(22)11-6-2-3-7-12(11)19/h2-9H,10H2,1H3. The number of aromatic nitrogens is 2. The first-order chi connectivity index (χ1) is 12.5. The number of nitrogens with zero attached hydrogens (tertiary/aromatic N) is 2. The van der Waals surface area contributed by atoms with Crippen molar-refractivity contribution in [3.63, 3.8) is 0 Å². The van der Waals surface area contributed by atoms with E-state index in [1.807, 2.05) is 0 Å². The average Bonchev–Trinajstić information content (AvgIpc) is 2.66. The van der Waals surface area contributed by atoms with Crippen LogP contribution in [0.15, 0.2) is 48.5 Å². The summed E-state index contributed by atoms with van der Waals surface area (Å²) in [5, 5.41) is 12.8. The number of hydrogen-bond acceptors (Lipinski definition) is 6. The normalized spacial score (nSPS) is 10.5. The second-order valence-electron chi connectivity index (χ2n) is 5.24. The first-order valence-corrected chi connectivity index (χ1v) is 7.92. The Morgan fingerprint density at radius 1 is 1.12 bits per heavy atom. The van der Waals surface area contributed by atoms with E-state index in [1.54, 1.807) is 36.4 Å². The third-order valence-electron chi connectivity index (χ3n) is 3.64. The highest BCUT2D eigenvalue weighted by Crippen LogP contribution is 2.18. The molecule has 0 aliphatic rings. The van der Waals surface area contributed by atoms with Gasteiger partial charge in [0.15, 0.2) is 5.69 Å². The van der Waals surface area contributed by atoms with Crippen molar-refractivity contribution in [3.8, 4) is 0 Å². The summed E-state index contributed by atoms with van der Waals surface area (Å²) < 4.78 is 10.3. The predicted molar refractivity (Wildman–Crippen MR) is 92.6 cm³/mol. The lowest BCUT2D eigenvalue weighted by Crippen LogP contribution is -2.38. The van der Waals surface area contributed by atoms with E-state index in [9.17, 15) is 14.8 Å². The van der Waals surface area contributed by atoms with Crippen molar-refractivity contribution in [1.82, 2.24) is 4.98 Å². The molecule has 0 saturated heterocycles. The van der Waals surface area contributed by atoms with Gasteiger partial charge in [0, 0.05) is 6.07 Å². The minimum absolute atomic E-state index is 0.00838. The minimum Gasteiger partial charge on any atom is -0.618 e. The van der Waals surface area contributed by atoms with Crippen LogP contribution in [0, 0.1) is 5.21 Å². The third-order valence-corrected chi connectivity index (χ3v) is 3.97. The molecule has 0 aliphatic heterocycles. The number of halogens is 1. The number of para-hydroxylation sites is 2. The second-order valence-corrected chi connectivity index (χ2v) is 5.64. The summed E-state index contributed by atoms with van der Waals surface area (Å²) in [6.45, 7) is -0.387.